The zero-order chi connectivity index (χ0) is 45.3. The van der Waals surface area contributed by atoms with E-state index >= 15 is 0 Å². The third-order valence-corrected chi connectivity index (χ3v) is 15.3. The fraction of sp³-hybridized carbons (Fsp3) is 0.438. The van der Waals surface area contributed by atoms with Crippen LogP contribution in [0.25, 0.3) is 5.57 Å². The van der Waals surface area contributed by atoms with Gasteiger partial charge in [-0.2, -0.15) is 0 Å². The van der Waals surface area contributed by atoms with Crippen LogP contribution in [-0.2, 0) is 10.0 Å². The number of hydrogen-bond acceptors (Lipinski definition) is 12. The van der Waals surface area contributed by atoms with Crippen LogP contribution in [0.5, 0.6) is 0 Å². The number of carbonyl (C=O) groups is 1. The van der Waals surface area contributed by atoms with Gasteiger partial charge in [-0.1, -0.05) is 54.4 Å². The number of piperazine rings is 2. The van der Waals surface area contributed by atoms with Gasteiger partial charge in [-0.05, 0) is 124 Å². The molecule has 0 spiro atoms. The lowest BCUT2D eigenvalue weighted by Gasteiger charge is -2.43. The Kier molecular flexibility index (Phi) is 17.8. The first kappa shape index (κ1) is 50.2. The van der Waals surface area contributed by atoms with Crippen LogP contribution in [0.15, 0.2) is 112 Å². The minimum absolute atomic E-state index is 0. The zero-order valence-corrected chi connectivity index (χ0v) is 40.7. The van der Waals surface area contributed by atoms with Crippen molar-refractivity contribution in [2.45, 2.75) is 48.4 Å². The van der Waals surface area contributed by atoms with Crippen molar-refractivity contribution in [1.82, 2.24) is 24.7 Å². The van der Waals surface area contributed by atoms with Crippen LogP contribution >= 0.6 is 35.8 Å². The van der Waals surface area contributed by atoms with Gasteiger partial charge in [-0.15, -0.1) is 24.2 Å². The van der Waals surface area contributed by atoms with Gasteiger partial charge in [0.1, 0.15) is 5.69 Å². The highest BCUT2D eigenvalue weighted by Gasteiger charge is 2.35. The van der Waals surface area contributed by atoms with E-state index < -0.39 is 20.9 Å². The van der Waals surface area contributed by atoms with Gasteiger partial charge in [0, 0.05) is 104 Å². The van der Waals surface area contributed by atoms with Crippen molar-refractivity contribution in [3.05, 3.63) is 129 Å². The summed E-state index contributed by atoms with van der Waals surface area (Å²) in [5.41, 5.74) is 5.39. The molecule has 17 heteroatoms. The Morgan fingerprint density at radius 2 is 1.63 bits per heavy atom. The van der Waals surface area contributed by atoms with Gasteiger partial charge in [-0.25, -0.2) is 13.1 Å². The van der Waals surface area contributed by atoms with Crippen LogP contribution in [0, 0.1) is 15.5 Å². The number of rotatable bonds is 18. The Hall–Kier alpha value is -4.19. The normalized spacial score (nSPS) is 19.1. The van der Waals surface area contributed by atoms with Crippen molar-refractivity contribution < 1.29 is 18.1 Å². The summed E-state index contributed by atoms with van der Waals surface area (Å²) in [6.45, 7) is 12.9. The predicted molar refractivity (Wildman–Crippen MR) is 267 cm³/mol. The van der Waals surface area contributed by atoms with E-state index in [-0.39, 0.29) is 45.7 Å². The molecule has 7 rings (SSSR count). The Labute approximate surface area is 399 Å². The molecule has 4 aromatic carbocycles. The monoisotopic (exact) mass is 964 g/mol. The maximum Gasteiger partial charge on any atom is 0.293 e. The number of amides is 1. The first-order chi connectivity index (χ1) is 30.7. The molecule has 0 radical (unpaired) electrons. The van der Waals surface area contributed by atoms with Crippen LogP contribution in [0.3, 0.4) is 0 Å². The molecule has 350 valence electrons. The first-order valence-corrected chi connectivity index (χ1v) is 25.0. The van der Waals surface area contributed by atoms with Gasteiger partial charge in [0.2, 0.25) is 0 Å². The maximum atomic E-state index is 13.5. The molecular weight excluding hydrogens is 904 g/mol. The lowest BCUT2D eigenvalue weighted by molar-refractivity contribution is -0.384. The third-order valence-electron chi connectivity index (χ3n) is 12.5. The molecule has 1 unspecified atom stereocenters. The molecule has 0 bridgehead atoms. The Morgan fingerprint density at radius 3 is 2.29 bits per heavy atom. The molecule has 1 amide bonds. The fourth-order valence-corrected chi connectivity index (χ4v) is 11.1. The lowest BCUT2D eigenvalue weighted by Crippen LogP contribution is -2.49. The highest BCUT2D eigenvalue weighted by atomic mass is 35.5. The smallest absolute Gasteiger partial charge is 0.293 e. The van der Waals surface area contributed by atoms with Gasteiger partial charge in [-0.3, -0.25) is 19.8 Å². The molecule has 0 aromatic heterocycles. The van der Waals surface area contributed by atoms with E-state index in [1.165, 1.54) is 28.8 Å². The van der Waals surface area contributed by atoms with E-state index in [1.54, 1.807) is 23.9 Å². The molecule has 13 nitrogen and oxygen atoms in total. The predicted octanol–water partition coefficient (Wildman–Crippen LogP) is 7.98. The Morgan fingerprint density at radius 1 is 0.938 bits per heavy atom. The number of benzene rings is 4. The van der Waals surface area contributed by atoms with Crippen LogP contribution in [-0.4, -0.2) is 132 Å². The number of carbonyl (C=O) groups excluding carboxylic acids is 1. The molecule has 2 fully saturated rings. The summed E-state index contributed by atoms with van der Waals surface area (Å²) in [7, 11) is -0.507. The molecule has 3 N–H and O–H groups in total. The molecule has 4 aromatic rings. The first-order valence-electron chi connectivity index (χ1n) is 22.2. The van der Waals surface area contributed by atoms with Crippen molar-refractivity contribution in [2.75, 3.05) is 102 Å². The second kappa shape index (κ2) is 23.0. The van der Waals surface area contributed by atoms with Gasteiger partial charge in [0.05, 0.1) is 9.82 Å². The molecular formula is C48H62Cl2N8O5S2. The van der Waals surface area contributed by atoms with E-state index in [0.717, 1.165) is 113 Å². The highest BCUT2D eigenvalue weighted by molar-refractivity contribution is 7.99. The maximum absolute atomic E-state index is 13.5. The van der Waals surface area contributed by atoms with Gasteiger partial charge in [0.25, 0.3) is 21.6 Å². The number of hydrogen-bond donors (Lipinski definition) is 3. The molecule has 65 heavy (non-hydrogen) atoms. The van der Waals surface area contributed by atoms with E-state index in [0.29, 0.717) is 12.2 Å². The van der Waals surface area contributed by atoms with Crippen molar-refractivity contribution in [2.24, 2.45) is 5.41 Å². The summed E-state index contributed by atoms with van der Waals surface area (Å²) >= 11 is 7.93. The van der Waals surface area contributed by atoms with E-state index in [4.69, 9.17) is 11.6 Å². The molecule has 2 atom stereocenters. The standard InChI is InChI=1S/C48H61ClN8O5S2.ClH/c1-48(35-55-25-22-50-23-26-55)21-19-44(36-9-13-39(49)14-10-36)38(32-48)33-54-27-29-56(30-28-54)41-15-11-37(12-16-41)47(58)52-64(61,62)43-17-18-45(46(31-43)57(59)60)51-40(20-24-53(2)3)34-63-42-7-5-4-6-8-42;/h4-18,31,40,50-51H,19-30,32-35H2,1-3H3,(H,52,58);1H/t40-,48?;/m1./s1. The Bertz CT molecular complexity index is 2360. The topological polar surface area (TPSA) is 143 Å². The molecule has 2 heterocycles. The number of thioether (sulfide) groups is 1. The minimum Gasteiger partial charge on any atom is -0.376 e. The molecule has 2 aliphatic heterocycles. The molecule has 2 saturated heterocycles. The summed E-state index contributed by atoms with van der Waals surface area (Å²) < 4.78 is 29.1. The van der Waals surface area contributed by atoms with Crippen molar-refractivity contribution in [3.8, 4) is 0 Å². The molecule has 0 saturated carbocycles. The van der Waals surface area contributed by atoms with E-state index in [2.05, 4.69) is 49.1 Å². The van der Waals surface area contributed by atoms with Crippen LogP contribution in [0.1, 0.15) is 48.5 Å². The number of allylic oxidation sites excluding steroid dienone is 1. The molecule has 1 aliphatic carbocycles. The zero-order valence-electron chi connectivity index (χ0n) is 37.5. The number of nitro groups is 1. The summed E-state index contributed by atoms with van der Waals surface area (Å²) in [5.74, 6) is -0.174. The lowest BCUT2D eigenvalue weighted by atomic mass is 9.71. The van der Waals surface area contributed by atoms with Crippen LogP contribution in [0.4, 0.5) is 17.1 Å². The largest absolute Gasteiger partial charge is 0.376 e. The van der Waals surface area contributed by atoms with Crippen LogP contribution in [0.2, 0.25) is 5.02 Å². The summed E-state index contributed by atoms with van der Waals surface area (Å²) in [5, 5.41) is 19.8. The average molecular weight is 966 g/mol. The second-order valence-electron chi connectivity index (χ2n) is 17.8. The number of sulfonamides is 1. The summed E-state index contributed by atoms with van der Waals surface area (Å²) in [6.07, 6.45) is 3.99. The number of nitrogens with one attached hydrogen (secondary N) is 3. The highest BCUT2D eigenvalue weighted by Crippen LogP contribution is 2.44. The van der Waals surface area contributed by atoms with Crippen molar-refractivity contribution in [1.29, 1.82) is 0 Å². The number of nitrogens with zero attached hydrogens (tertiary/aromatic N) is 5. The van der Waals surface area contributed by atoms with E-state index in [1.807, 2.05) is 73.6 Å². The second-order valence-corrected chi connectivity index (χ2v) is 21.1. The van der Waals surface area contributed by atoms with Crippen molar-refractivity contribution in [3.63, 3.8) is 0 Å². The average Bonchev–Trinajstić information content (AvgIpc) is 3.28. The van der Waals surface area contributed by atoms with E-state index in [9.17, 15) is 23.3 Å². The third kappa shape index (κ3) is 13.9. The Balaban J connectivity index is 0.00000700. The molecule has 3 aliphatic rings. The number of halogens is 2. The van der Waals surface area contributed by atoms with Crippen LogP contribution < -0.4 is 20.3 Å². The fourth-order valence-electron chi connectivity index (χ4n) is 9.00. The summed E-state index contributed by atoms with van der Waals surface area (Å²) in [6, 6.07) is 28.7. The summed E-state index contributed by atoms with van der Waals surface area (Å²) in [4.78, 5) is 35.2. The number of nitro benzene ring substituents is 1. The number of anilines is 2. The SMILES string of the molecule is CN(C)CC[C@H](CSc1ccccc1)Nc1ccc(S(=O)(=O)NC(=O)c2ccc(N3CCN(CC4=C(c5ccc(Cl)cc5)CCC(C)(CN5CCNCC5)C4)CC3)cc2)cc1[N+](=O)[O-].Cl. The quantitative estimate of drug-likeness (QED) is 0.0506. The minimum atomic E-state index is -4.44. The van der Waals surface area contributed by atoms with Crippen molar-refractivity contribution >= 4 is 74.3 Å². The van der Waals surface area contributed by atoms with Gasteiger partial charge >= 0.3 is 0 Å². The van der Waals surface area contributed by atoms with Gasteiger partial charge in [0.15, 0.2) is 0 Å². The van der Waals surface area contributed by atoms with Gasteiger partial charge < -0.3 is 25.3 Å².